The van der Waals surface area contributed by atoms with E-state index in [0.29, 0.717) is 19.1 Å². The molecule has 2 rings (SSSR count). The Bertz CT molecular complexity index is 624. The number of rotatable bonds is 8. The number of halogens is 1. The Hall–Kier alpha value is -1.79. The molecule has 6 nitrogen and oxygen atoms in total. The van der Waals surface area contributed by atoms with Gasteiger partial charge >= 0.3 is 0 Å². The van der Waals surface area contributed by atoms with Gasteiger partial charge in [0.1, 0.15) is 0 Å². The highest BCUT2D eigenvalue weighted by Crippen LogP contribution is 2.15. The van der Waals surface area contributed by atoms with Crippen molar-refractivity contribution < 1.29 is 4.79 Å². The Morgan fingerprint density at radius 3 is 2.50 bits per heavy atom. The number of piperidine rings is 1. The van der Waals surface area contributed by atoms with Gasteiger partial charge in [0.25, 0.3) is 0 Å². The van der Waals surface area contributed by atoms with Gasteiger partial charge in [0, 0.05) is 49.7 Å². The highest BCUT2D eigenvalue weighted by molar-refractivity contribution is 6.30. The highest BCUT2D eigenvalue weighted by atomic mass is 35.5. The standard InChI is InChI=1S/C21H34ClN5O/c1-4-23-21(25-12-11-24-20(28)16(2)3)26-19-9-13-27(14-10-19)15-17-5-7-18(22)8-6-17/h5-8,16,19H,4,9-15H2,1-3H3,(H,24,28)(H2,23,25,26). The summed E-state index contributed by atoms with van der Waals surface area (Å²) in [6.45, 7) is 10.9. The van der Waals surface area contributed by atoms with Crippen LogP contribution in [0.3, 0.4) is 0 Å². The second kappa shape index (κ2) is 11.9. The van der Waals surface area contributed by atoms with Crippen LogP contribution in [0.2, 0.25) is 5.02 Å². The maximum Gasteiger partial charge on any atom is 0.222 e. The average Bonchev–Trinajstić information content (AvgIpc) is 2.68. The molecule has 1 aliphatic heterocycles. The highest BCUT2D eigenvalue weighted by Gasteiger charge is 2.20. The minimum absolute atomic E-state index is 0.00778. The quantitative estimate of drug-likeness (QED) is 0.352. The number of hydrogen-bond acceptors (Lipinski definition) is 3. The molecule has 7 heteroatoms. The number of nitrogens with zero attached hydrogens (tertiary/aromatic N) is 2. The SMILES string of the molecule is CCNC(=NCCNC(=O)C(C)C)NC1CCN(Cc2ccc(Cl)cc2)CC1. The smallest absolute Gasteiger partial charge is 0.222 e. The molecule has 0 aliphatic carbocycles. The fourth-order valence-corrected chi connectivity index (χ4v) is 3.27. The summed E-state index contributed by atoms with van der Waals surface area (Å²) < 4.78 is 0. The number of benzene rings is 1. The van der Waals surface area contributed by atoms with Gasteiger partial charge in [-0.05, 0) is 37.5 Å². The molecule has 3 N–H and O–H groups in total. The number of nitrogens with one attached hydrogen (secondary N) is 3. The number of amides is 1. The van der Waals surface area contributed by atoms with E-state index in [2.05, 4.69) is 44.9 Å². The summed E-state index contributed by atoms with van der Waals surface area (Å²) in [6.07, 6.45) is 2.17. The van der Waals surface area contributed by atoms with Crippen LogP contribution in [0.1, 0.15) is 39.2 Å². The molecule has 0 radical (unpaired) electrons. The molecule has 1 aliphatic rings. The van der Waals surface area contributed by atoms with Crippen LogP contribution in [0.4, 0.5) is 0 Å². The molecule has 0 atom stereocenters. The first kappa shape index (κ1) is 22.5. The monoisotopic (exact) mass is 407 g/mol. The molecular formula is C21H34ClN5O. The molecular weight excluding hydrogens is 374 g/mol. The second-order valence-corrected chi connectivity index (χ2v) is 7.96. The third-order valence-electron chi connectivity index (χ3n) is 4.80. The molecule has 1 fully saturated rings. The summed E-state index contributed by atoms with van der Waals surface area (Å²) in [4.78, 5) is 18.7. The van der Waals surface area contributed by atoms with Gasteiger partial charge in [-0.3, -0.25) is 14.7 Å². The first-order valence-electron chi connectivity index (χ1n) is 10.3. The maximum atomic E-state index is 11.6. The minimum atomic E-state index is 0.00778. The molecule has 1 heterocycles. The van der Waals surface area contributed by atoms with Gasteiger partial charge < -0.3 is 16.0 Å². The Labute approximate surface area is 174 Å². The average molecular weight is 408 g/mol. The van der Waals surface area contributed by atoms with Crippen LogP contribution in [-0.4, -0.2) is 55.5 Å². The first-order chi connectivity index (χ1) is 13.5. The lowest BCUT2D eigenvalue weighted by Crippen LogP contribution is -2.48. The molecule has 0 bridgehead atoms. The predicted octanol–water partition coefficient (Wildman–Crippen LogP) is 2.63. The van der Waals surface area contributed by atoms with Crippen LogP contribution in [0, 0.1) is 5.92 Å². The molecule has 0 saturated carbocycles. The third-order valence-corrected chi connectivity index (χ3v) is 5.05. The van der Waals surface area contributed by atoms with Crippen molar-refractivity contribution >= 4 is 23.5 Å². The first-order valence-corrected chi connectivity index (χ1v) is 10.6. The number of likely N-dealkylation sites (tertiary alicyclic amines) is 1. The fraction of sp³-hybridized carbons (Fsp3) is 0.619. The van der Waals surface area contributed by atoms with E-state index in [-0.39, 0.29) is 11.8 Å². The predicted molar refractivity (Wildman–Crippen MR) is 117 cm³/mol. The Morgan fingerprint density at radius 2 is 1.89 bits per heavy atom. The van der Waals surface area contributed by atoms with Crippen LogP contribution in [-0.2, 0) is 11.3 Å². The van der Waals surface area contributed by atoms with E-state index in [4.69, 9.17) is 11.6 Å². The topological polar surface area (TPSA) is 68.8 Å². The number of carbonyl (C=O) groups excluding carboxylic acids is 1. The molecule has 156 valence electrons. The van der Waals surface area contributed by atoms with Crippen LogP contribution < -0.4 is 16.0 Å². The number of guanidine groups is 1. The van der Waals surface area contributed by atoms with Crippen molar-refractivity contribution in [3.05, 3.63) is 34.9 Å². The molecule has 0 spiro atoms. The molecule has 28 heavy (non-hydrogen) atoms. The van der Waals surface area contributed by atoms with Gasteiger partial charge in [-0.15, -0.1) is 0 Å². The zero-order chi connectivity index (χ0) is 20.4. The summed E-state index contributed by atoms with van der Waals surface area (Å²) in [7, 11) is 0. The van der Waals surface area contributed by atoms with E-state index >= 15 is 0 Å². The van der Waals surface area contributed by atoms with Crippen molar-refractivity contribution in [3.8, 4) is 0 Å². The van der Waals surface area contributed by atoms with Gasteiger partial charge in [-0.1, -0.05) is 37.6 Å². The largest absolute Gasteiger partial charge is 0.357 e. The van der Waals surface area contributed by atoms with Gasteiger partial charge in [0.2, 0.25) is 5.91 Å². The minimum Gasteiger partial charge on any atom is -0.357 e. The fourth-order valence-electron chi connectivity index (χ4n) is 3.15. The normalized spacial score (nSPS) is 16.2. The Morgan fingerprint density at radius 1 is 1.21 bits per heavy atom. The summed E-state index contributed by atoms with van der Waals surface area (Å²) in [5, 5.41) is 10.5. The summed E-state index contributed by atoms with van der Waals surface area (Å²) in [6, 6.07) is 8.52. The van der Waals surface area contributed by atoms with Crippen molar-refractivity contribution in [2.75, 3.05) is 32.7 Å². The van der Waals surface area contributed by atoms with Crippen molar-refractivity contribution in [2.24, 2.45) is 10.9 Å². The van der Waals surface area contributed by atoms with Crippen molar-refractivity contribution in [1.29, 1.82) is 0 Å². The lowest BCUT2D eigenvalue weighted by molar-refractivity contribution is -0.123. The third kappa shape index (κ3) is 8.07. The summed E-state index contributed by atoms with van der Waals surface area (Å²) in [5.41, 5.74) is 1.30. The van der Waals surface area contributed by atoms with Crippen molar-refractivity contribution in [1.82, 2.24) is 20.9 Å². The molecule has 1 saturated heterocycles. The van der Waals surface area contributed by atoms with Crippen molar-refractivity contribution in [2.45, 2.75) is 46.2 Å². The van der Waals surface area contributed by atoms with Gasteiger partial charge in [-0.2, -0.15) is 0 Å². The van der Waals surface area contributed by atoms with Crippen molar-refractivity contribution in [3.63, 3.8) is 0 Å². The van der Waals surface area contributed by atoms with E-state index in [0.717, 1.165) is 50.0 Å². The summed E-state index contributed by atoms with van der Waals surface area (Å²) >= 11 is 5.96. The van der Waals surface area contributed by atoms with E-state index in [1.165, 1.54) is 5.56 Å². The zero-order valence-corrected chi connectivity index (χ0v) is 18.1. The molecule has 1 amide bonds. The molecule has 0 aromatic heterocycles. The van der Waals surface area contributed by atoms with E-state index in [1.807, 2.05) is 26.0 Å². The Balaban J connectivity index is 1.74. The van der Waals surface area contributed by atoms with Gasteiger partial charge in [0.15, 0.2) is 5.96 Å². The van der Waals surface area contributed by atoms with E-state index < -0.39 is 0 Å². The number of carbonyl (C=O) groups is 1. The lowest BCUT2D eigenvalue weighted by Gasteiger charge is -2.33. The maximum absolute atomic E-state index is 11.6. The number of aliphatic imine (C=N–C) groups is 1. The molecule has 1 aromatic carbocycles. The van der Waals surface area contributed by atoms with Crippen LogP contribution in [0.5, 0.6) is 0 Å². The molecule has 0 unspecified atom stereocenters. The Kier molecular flexibility index (Phi) is 9.58. The van der Waals surface area contributed by atoms with Crippen LogP contribution >= 0.6 is 11.6 Å². The van der Waals surface area contributed by atoms with E-state index in [1.54, 1.807) is 0 Å². The molecule has 1 aromatic rings. The lowest BCUT2D eigenvalue weighted by atomic mass is 10.0. The summed E-state index contributed by atoms with van der Waals surface area (Å²) in [5.74, 6) is 0.909. The zero-order valence-electron chi connectivity index (χ0n) is 17.3. The van der Waals surface area contributed by atoms with Crippen LogP contribution in [0.15, 0.2) is 29.3 Å². The van der Waals surface area contributed by atoms with Gasteiger partial charge in [-0.25, -0.2) is 0 Å². The van der Waals surface area contributed by atoms with Crippen LogP contribution in [0.25, 0.3) is 0 Å². The van der Waals surface area contributed by atoms with E-state index in [9.17, 15) is 4.79 Å². The van der Waals surface area contributed by atoms with Gasteiger partial charge in [0.05, 0.1) is 6.54 Å². The number of hydrogen-bond donors (Lipinski definition) is 3. The second-order valence-electron chi connectivity index (χ2n) is 7.53.